The van der Waals surface area contributed by atoms with E-state index < -0.39 is 44.6 Å². The standard InChI is InChI=1S/C42H50N7O8P/c1-27(2)49(28(3)4)58(54-23-11-22-43)57-37-35(56-41(38(37)55-29(5)50)48-26-47-36-39(44)45-25-46-40(36)48)24-53-42(30-12-9-8-10-13-30,31-14-18-33(51-6)19-15-31)32-16-20-34(52-7)21-17-32/h8-10,12-21,25-28,35,37-38,41H,11,23-24H2,1-7H3,(H2,44,45,46)/t35-,37-,38+,41+,58?/m0/s1. The van der Waals surface area contributed by atoms with Crippen LogP contribution in [0.3, 0.4) is 0 Å². The summed E-state index contributed by atoms with van der Waals surface area (Å²) in [5.74, 6) is 0.995. The van der Waals surface area contributed by atoms with Gasteiger partial charge in [-0.3, -0.25) is 9.36 Å². The minimum Gasteiger partial charge on any atom is -0.497 e. The van der Waals surface area contributed by atoms with Crippen LogP contribution in [0.4, 0.5) is 5.82 Å². The molecule has 6 rings (SSSR count). The predicted molar refractivity (Wildman–Crippen MR) is 218 cm³/mol. The van der Waals surface area contributed by atoms with Gasteiger partial charge in [-0.25, -0.2) is 19.6 Å². The van der Waals surface area contributed by atoms with E-state index in [-0.39, 0.29) is 37.5 Å². The maximum absolute atomic E-state index is 13.0. The first kappa shape index (κ1) is 42.4. The molecule has 0 aliphatic carbocycles. The van der Waals surface area contributed by atoms with E-state index >= 15 is 0 Å². The van der Waals surface area contributed by atoms with Gasteiger partial charge >= 0.3 is 5.97 Å². The minimum atomic E-state index is -1.84. The van der Waals surface area contributed by atoms with Gasteiger partial charge in [0.1, 0.15) is 41.2 Å². The summed E-state index contributed by atoms with van der Waals surface area (Å²) in [5, 5.41) is 9.42. The molecular formula is C42H50N7O8P. The molecule has 0 spiro atoms. The Balaban J connectivity index is 1.51. The number of nitrogen functional groups attached to an aromatic ring is 1. The number of nitrogens with zero attached hydrogens (tertiary/aromatic N) is 6. The van der Waals surface area contributed by atoms with Crippen LogP contribution in [-0.2, 0) is 33.7 Å². The molecule has 1 aliphatic heterocycles. The lowest BCUT2D eigenvalue weighted by molar-refractivity contribution is -0.155. The van der Waals surface area contributed by atoms with Gasteiger partial charge in [-0.2, -0.15) is 5.26 Å². The van der Waals surface area contributed by atoms with Crippen molar-refractivity contribution in [2.24, 2.45) is 0 Å². The third kappa shape index (κ3) is 8.93. The third-order valence-corrected chi connectivity index (χ3v) is 11.9. The molecule has 306 valence electrons. The SMILES string of the molecule is COc1ccc(C(OC[C@@H]2O[C@@H](n3cnc4c(N)ncnc43)[C@H](OC(C)=O)[C@H]2OP(OCCC#N)N(C(C)C)C(C)C)(c2ccccc2)c2ccc(OC)cc2)cc1. The van der Waals surface area contributed by atoms with E-state index in [0.717, 1.165) is 16.7 Å². The van der Waals surface area contributed by atoms with Gasteiger partial charge in [0.15, 0.2) is 23.8 Å². The van der Waals surface area contributed by atoms with Gasteiger partial charge in [-0.15, -0.1) is 0 Å². The summed E-state index contributed by atoms with van der Waals surface area (Å²) in [4.78, 5) is 26.0. The normalized spacial score (nSPS) is 18.8. The summed E-state index contributed by atoms with van der Waals surface area (Å²) in [6.45, 7) is 9.57. The molecule has 3 heterocycles. The highest BCUT2D eigenvalue weighted by Gasteiger charge is 2.53. The Hall–Kier alpha value is -5.20. The summed E-state index contributed by atoms with van der Waals surface area (Å²) < 4.78 is 48.6. The first-order valence-corrected chi connectivity index (χ1v) is 20.1. The number of anilines is 1. The second-order valence-electron chi connectivity index (χ2n) is 14.2. The van der Waals surface area contributed by atoms with Gasteiger partial charge in [-0.1, -0.05) is 54.6 Å². The second-order valence-corrected chi connectivity index (χ2v) is 15.6. The van der Waals surface area contributed by atoms with Gasteiger partial charge in [0, 0.05) is 19.0 Å². The molecule has 0 bridgehead atoms. The van der Waals surface area contributed by atoms with Crippen molar-refractivity contribution in [2.45, 2.75) is 83.3 Å². The van der Waals surface area contributed by atoms with Crippen LogP contribution >= 0.6 is 8.53 Å². The zero-order valence-electron chi connectivity index (χ0n) is 33.7. The lowest BCUT2D eigenvalue weighted by atomic mass is 9.80. The van der Waals surface area contributed by atoms with Crippen molar-refractivity contribution < 1.29 is 37.5 Å². The molecule has 1 saturated heterocycles. The number of carbonyl (C=O) groups excluding carboxylic acids is 1. The molecule has 16 heteroatoms. The smallest absolute Gasteiger partial charge is 0.303 e. The lowest BCUT2D eigenvalue weighted by Gasteiger charge is -2.39. The third-order valence-electron chi connectivity index (χ3n) is 9.76. The maximum atomic E-state index is 13.0. The Morgan fingerprint density at radius 3 is 2.07 bits per heavy atom. The number of esters is 1. The fraction of sp³-hybridized carbons (Fsp3) is 0.405. The largest absolute Gasteiger partial charge is 0.497 e. The number of ether oxygens (including phenoxy) is 5. The van der Waals surface area contributed by atoms with E-state index in [1.54, 1.807) is 18.8 Å². The molecule has 1 aliphatic rings. The number of methoxy groups -OCH3 is 2. The molecule has 0 radical (unpaired) electrons. The lowest BCUT2D eigenvalue weighted by Crippen LogP contribution is -2.43. The molecule has 1 fully saturated rings. The number of hydrogen-bond donors (Lipinski definition) is 1. The van der Waals surface area contributed by atoms with Crippen molar-refractivity contribution in [3.63, 3.8) is 0 Å². The zero-order valence-corrected chi connectivity index (χ0v) is 34.6. The Morgan fingerprint density at radius 2 is 1.52 bits per heavy atom. The quantitative estimate of drug-likeness (QED) is 0.0417. The fourth-order valence-electron chi connectivity index (χ4n) is 7.25. The Labute approximate surface area is 339 Å². The van der Waals surface area contributed by atoms with E-state index in [4.69, 9.17) is 38.5 Å². The number of benzene rings is 3. The highest BCUT2D eigenvalue weighted by atomic mass is 31.2. The average molecular weight is 812 g/mol. The molecule has 15 nitrogen and oxygen atoms in total. The monoisotopic (exact) mass is 811 g/mol. The first-order chi connectivity index (χ1) is 28.0. The summed E-state index contributed by atoms with van der Waals surface area (Å²) >= 11 is 0. The molecule has 5 atom stereocenters. The van der Waals surface area contributed by atoms with Crippen LogP contribution in [0, 0.1) is 11.3 Å². The van der Waals surface area contributed by atoms with Gasteiger partial charge in [0.25, 0.3) is 8.53 Å². The highest BCUT2D eigenvalue weighted by molar-refractivity contribution is 7.44. The van der Waals surface area contributed by atoms with Crippen LogP contribution in [0.5, 0.6) is 11.5 Å². The Morgan fingerprint density at radius 1 is 0.914 bits per heavy atom. The molecule has 2 N–H and O–H groups in total. The van der Waals surface area contributed by atoms with Crippen molar-refractivity contribution >= 4 is 31.5 Å². The van der Waals surface area contributed by atoms with Crippen molar-refractivity contribution in [1.29, 1.82) is 5.26 Å². The molecule has 0 amide bonds. The number of nitrogens with two attached hydrogens (primary N) is 1. The summed E-state index contributed by atoms with van der Waals surface area (Å²) in [7, 11) is 1.40. The number of aromatic nitrogens is 4. The van der Waals surface area contributed by atoms with Gasteiger partial charge in [0.2, 0.25) is 0 Å². The molecule has 1 unspecified atom stereocenters. The summed E-state index contributed by atoms with van der Waals surface area (Å²) in [6.07, 6.45) is -0.850. The Kier molecular flexibility index (Phi) is 13.9. The van der Waals surface area contributed by atoms with Crippen LogP contribution < -0.4 is 15.2 Å². The van der Waals surface area contributed by atoms with Crippen molar-refractivity contribution in [2.75, 3.05) is 33.2 Å². The molecule has 58 heavy (non-hydrogen) atoms. The van der Waals surface area contributed by atoms with E-state index in [1.807, 2.05) is 107 Å². The minimum absolute atomic E-state index is 0.0127. The molecule has 0 saturated carbocycles. The number of imidazole rings is 1. The van der Waals surface area contributed by atoms with Crippen molar-refractivity contribution in [3.05, 3.63) is 108 Å². The number of fused-ring (bicyclic) bond motifs is 1. The first-order valence-electron chi connectivity index (χ1n) is 19.0. The molecular weight excluding hydrogens is 761 g/mol. The van der Waals surface area contributed by atoms with Gasteiger partial charge < -0.3 is 38.5 Å². The highest BCUT2D eigenvalue weighted by Crippen LogP contribution is 2.51. The number of carbonyl (C=O) groups is 1. The summed E-state index contributed by atoms with van der Waals surface area (Å²) in [6, 6.07) is 27.4. The molecule has 5 aromatic rings. The van der Waals surface area contributed by atoms with Crippen LogP contribution in [0.15, 0.2) is 91.5 Å². The molecule has 2 aromatic heterocycles. The van der Waals surface area contributed by atoms with E-state index in [2.05, 4.69) is 25.7 Å². The molecule has 3 aromatic carbocycles. The number of rotatable bonds is 18. The average Bonchev–Trinajstić information content (AvgIpc) is 3.80. The second kappa shape index (κ2) is 19.0. The number of hydrogen-bond acceptors (Lipinski definition) is 14. The summed E-state index contributed by atoms with van der Waals surface area (Å²) in [5.41, 5.74) is 8.20. The van der Waals surface area contributed by atoms with Crippen molar-refractivity contribution in [1.82, 2.24) is 24.2 Å². The predicted octanol–water partition coefficient (Wildman–Crippen LogP) is 6.92. The maximum Gasteiger partial charge on any atom is 0.303 e. The zero-order chi connectivity index (χ0) is 41.4. The number of nitriles is 1. The van der Waals surface area contributed by atoms with Crippen molar-refractivity contribution in [3.8, 4) is 17.6 Å². The van der Waals surface area contributed by atoms with Gasteiger partial charge in [0.05, 0.1) is 46.3 Å². The van der Waals surface area contributed by atoms with Crippen LogP contribution in [0.2, 0.25) is 0 Å². The van der Waals surface area contributed by atoms with E-state index in [0.29, 0.717) is 22.7 Å². The topological polar surface area (TPSA) is 178 Å². The van der Waals surface area contributed by atoms with Gasteiger partial charge in [-0.05, 0) is 68.7 Å². The van der Waals surface area contributed by atoms with E-state index in [1.165, 1.54) is 19.6 Å². The van der Waals surface area contributed by atoms with Crippen LogP contribution in [0.1, 0.15) is 64.0 Å². The fourth-order valence-corrected chi connectivity index (χ4v) is 9.02. The van der Waals surface area contributed by atoms with Crippen LogP contribution in [0.25, 0.3) is 11.2 Å². The Bertz CT molecular complexity index is 2090. The van der Waals surface area contributed by atoms with Crippen LogP contribution in [-0.4, -0.2) is 88.0 Å². The van der Waals surface area contributed by atoms with E-state index in [9.17, 15) is 10.1 Å².